The number of anilines is 2. The van der Waals surface area contributed by atoms with Gasteiger partial charge in [-0.2, -0.15) is 0 Å². The van der Waals surface area contributed by atoms with Gasteiger partial charge in [-0.25, -0.2) is 14.4 Å². The number of nitrogens with zero attached hydrogens (tertiary/aromatic N) is 3. The zero-order valence-electron chi connectivity index (χ0n) is 13.7. The molecule has 0 fully saturated rings. The molecule has 3 rings (SSSR count). The molecular formula is C19H17FN4O. The topological polar surface area (TPSA) is 58.1 Å². The van der Waals surface area contributed by atoms with Gasteiger partial charge in [0.05, 0.1) is 0 Å². The number of halogens is 1. The maximum Gasteiger partial charge on any atom is 0.274 e. The van der Waals surface area contributed by atoms with Crippen LogP contribution in [-0.2, 0) is 6.54 Å². The quantitative estimate of drug-likeness (QED) is 0.775. The van der Waals surface area contributed by atoms with E-state index in [-0.39, 0.29) is 5.69 Å². The molecule has 1 amide bonds. The van der Waals surface area contributed by atoms with Gasteiger partial charge in [0.2, 0.25) is 0 Å². The zero-order valence-corrected chi connectivity index (χ0v) is 13.7. The summed E-state index contributed by atoms with van der Waals surface area (Å²) >= 11 is 0. The van der Waals surface area contributed by atoms with Crippen LogP contribution in [0.15, 0.2) is 67.0 Å². The Morgan fingerprint density at radius 3 is 2.64 bits per heavy atom. The Hall–Kier alpha value is -3.28. The molecule has 25 heavy (non-hydrogen) atoms. The molecule has 0 spiro atoms. The fourth-order valence-corrected chi connectivity index (χ4v) is 2.38. The van der Waals surface area contributed by atoms with Crippen LogP contribution in [-0.4, -0.2) is 22.9 Å². The first-order chi connectivity index (χ1) is 12.1. The van der Waals surface area contributed by atoms with Crippen LogP contribution >= 0.6 is 0 Å². The molecule has 1 heterocycles. The Morgan fingerprint density at radius 1 is 1.08 bits per heavy atom. The van der Waals surface area contributed by atoms with E-state index in [0.717, 1.165) is 5.56 Å². The molecule has 0 radical (unpaired) electrons. The van der Waals surface area contributed by atoms with Crippen LogP contribution in [0.1, 0.15) is 16.1 Å². The van der Waals surface area contributed by atoms with Crippen molar-refractivity contribution in [2.75, 3.05) is 17.3 Å². The third-order valence-corrected chi connectivity index (χ3v) is 3.62. The minimum absolute atomic E-state index is 0.217. The Labute approximate surface area is 145 Å². The fraction of sp³-hybridized carbons (Fsp3) is 0.105. The molecule has 0 aliphatic carbocycles. The highest BCUT2D eigenvalue weighted by atomic mass is 19.1. The zero-order chi connectivity index (χ0) is 17.6. The van der Waals surface area contributed by atoms with Crippen molar-refractivity contribution in [3.8, 4) is 0 Å². The predicted molar refractivity (Wildman–Crippen MR) is 94.9 cm³/mol. The average molecular weight is 336 g/mol. The maximum absolute atomic E-state index is 13.2. The number of carbonyl (C=O) groups is 1. The number of amides is 1. The molecule has 126 valence electrons. The van der Waals surface area contributed by atoms with Gasteiger partial charge in [-0.3, -0.25) is 4.79 Å². The summed E-state index contributed by atoms with van der Waals surface area (Å²) in [6.07, 6.45) is 1.34. The van der Waals surface area contributed by atoms with Crippen molar-refractivity contribution < 1.29 is 9.18 Å². The van der Waals surface area contributed by atoms with Crippen LogP contribution in [0.25, 0.3) is 0 Å². The lowest BCUT2D eigenvalue weighted by molar-refractivity contribution is 0.102. The van der Waals surface area contributed by atoms with Crippen molar-refractivity contribution in [3.05, 3.63) is 84.1 Å². The van der Waals surface area contributed by atoms with Crippen molar-refractivity contribution in [2.45, 2.75) is 6.54 Å². The summed E-state index contributed by atoms with van der Waals surface area (Å²) in [6, 6.07) is 17.3. The molecule has 0 aliphatic heterocycles. The van der Waals surface area contributed by atoms with Crippen LogP contribution in [0.2, 0.25) is 0 Å². The smallest absolute Gasteiger partial charge is 0.274 e. The van der Waals surface area contributed by atoms with Gasteiger partial charge in [0.15, 0.2) is 0 Å². The molecule has 0 saturated heterocycles. The number of benzene rings is 2. The molecule has 0 atom stereocenters. The number of aromatic nitrogens is 2. The van der Waals surface area contributed by atoms with E-state index in [9.17, 15) is 9.18 Å². The Balaban J connectivity index is 1.73. The van der Waals surface area contributed by atoms with Gasteiger partial charge in [-0.05, 0) is 23.8 Å². The minimum Gasteiger partial charge on any atom is -0.355 e. The molecule has 5 nitrogen and oxygen atoms in total. The van der Waals surface area contributed by atoms with Crippen molar-refractivity contribution >= 4 is 17.4 Å². The van der Waals surface area contributed by atoms with Crippen molar-refractivity contribution in [1.82, 2.24) is 9.97 Å². The van der Waals surface area contributed by atoms with Gasteiger partial charge < -0.3 is 10.2 Å². The van der Waals surface area contributed by atoms with E-state index in [4.69, 9.17) is 0 Å². The normalized spacial score (nSPS) is 10.3. The lowest BCUT2D eigenvalue weighted by Crippen LogP contribution is -2.20. The predicted octanol–water partition coefficient (Wildman–Crippen LogP) is 3.50. The Bertz CT molecular complexity index is 870. The summed E-state index contributed by atoms with van der Waals surface area (Å²) in [4.78, 5) is 22.5. The summed E-state index contributed by atoms with van der Waals surface area (Å²) in [7, 11) is 1.89. The molecule has 0 unspecified atom stereocenters. The second kappa shape index (κ2) is 7.53. The van der Waals surface area contributed by atoms with Crippen molar-refractivity contribution in [1.29, 1.82) is 0 Å². The summed E-state index contributed by atoms with van der Waals surface area (Å²) in [5, 5.41) is 2.63. The molecule has 0 saturated carbocycles. The van der Waals surface area contributed by atoms with Crippen LogP contribution in [0.3, 0.4) is 0 Å². The van der Waals surface area contributed by atoms with E-state index in [1.54, 1.807) is 12.1 Å². The highest BCUT2D eigenvalue weighted by Gasteiger charge is 2.12. The fourth-order valence-electron chi connectivity index (χ4n) is 2.38. The van der Waals surface area contributed by atoms with Crippen molar-refractivity contribution in [2.24, 2.45) is 0 Å². The lowest BCUT2D eigenvalue weighted by atomic mass is 10.2. The first-order valence-corrected chi connectivity index (χ1v) is 7.76. The highest BCUT2D eigenvalue weighted by Crippen LogP contribution is 2.15. The van der Waals surface area contributed by atoms with Gasteiger partial charge in [-0.1, -0.05) is 36.4 Å². The number of hydrogen-bond donors (Lipinski definition) is 1. The molecule has 0 bridgehead atoms. The molecule has 0 aliphatic rings. The average Bonchev–Trinajstić information content (AvgIpc) is 2.62. The van der Waals surface area contributed by atoms with Gasteiger partial charge in [0, 0.05) is 25.3 Å². The molecule has 2 aromatic carbocycles. The number of nitrogens with one attached hydrogen (secondary N) is 1. The second-order valence-corrected chi connectivity index (χ2v) is 5.57. The van der Waals surface area contributed by atoms with Crippen molar-refractivity contribution in [3.63, 3.8) is 0 Å². The maximum atomic E-state index is 13.2. The molecule has 3 aromatic rings. The van der Waals surface area contributed by atoms with Crippen LogP contribution in [0, 0.1) is 5.82 Å². The third-order valence-electron chi connectivity index (χ3n) is 3.62. The van der Waals surface area contributed by atoms with Gasteiger partial charge >= 0.3 is 0 Å². The number of hydrogen-bond acceptors (Lipinski definition) is 4. The summed E-state index contributed by atoms with van der Waals surface area (Å²) in [6.45, 7) is 0.656. The van der Waals surface area contributed by atoms with Crippen LogP contribution in [0.4, 0.5) is 15.9 Å². The first kappa shape index (κ1) is 16.6. The van der Waals surface area contributed by atoms with Gasteiger partial charge in [0.25, 0.3) is 5.91 Å². The Kier molecular flexibility index (Phi) is 4.99. The highest BCUT2D eigenvalue weighted by molar-refractivity contribution is 6.03. The van der Waals surface area contributed by atoms with Gasteiger partial charge in [0.1, 0.15) is 23.7 Å². The molecular weight excluding hydrogens is 319 g/mol. The van der Waals surface area contributed by atoms with E-state index in [0.29, 0.717) is 18.1 Å². The second-order valence-electron chi connectivity index (χ2n) is 5.57. The van der Waals surface area contributed by atoms with E-state index in [2.05, 4.69) is 15.3 Å². The summed E-state index contributed by atoms with van der Waals surface area (Å²) in [5.41, 5.74) is 1.73. The van der Waals surface area contributed by atoms with Crippen LogP contribution in [0.5, 0.6) is 0 Å². The monoisotopic (exact) mass is 336 g/mol. The number of carbonyl (C=O) groups excluding carboxylic acids is 1. The third kappa shape index (κ3) is 4.38. The summed E-state index contributed by atoms with van der Waals surface area (Å²) in [5.74, 6) is -0.200. The SMILES string of the molecule is CN(Cc1ccccc1)c1cc(C(=O)Nc2cccc(F)c2)ncn1. The molecule has 1 aromatic heterocycles. The lowest BCUT2D eigenvalue weighted by Gasteiger charge is -2.18. The minimum atomic E-state index is -0.414. The van der Waals surface area contributed by atoms with E-state index in [1.807, 2.05) is 42.3 Å². The van der Waals surface area contributed by atoms with E-state index < -0.39 is 11.7 Å². The molecule has 6 heteroatoms. The number of rotatable bonds is 5. The first-order valence-electron chi connectivity index (χ1n) is 7.76. The summed E-state index contributed by atoms with van der Waals surface area (Å²) < 4.78 is 13.2. The molecule has 1 N–H and O–H groups in total. The van der Waals surface area contributed by atoms with E-state index >= 15 is 0 Å². The van der Waals surface area contributed by atoms with Gasteiger partial charge in [-0.15, -0.1) is 0 Å². The standard InChI is InChI=1S/C19H17FN4O/c1-24(12-14-6-3-2-4-7-14)18-11-17(21-13-22-18)19(25)23-16-9-5-8-15(20)10-16/h2-11,13H,12H2,1H3,(H,23,25). The Morgan fingerprint density at radius 2 is 1.88 bits per heavy atom. The largest absolute Gasteiger partial charge is 0.355 e. The van der Waals surface area contributed by atoms with E-state index in [1.165, 1.54) is 24.5 Å². The van der Waals surface area contributed by atoms with Crippen LogP contribution < -0.4 is 10.2 Å².